The second kappa shape index (κ2) is 6.57. The first-order valence-corrected chi connectivity index (χ1v) is 6.43. The molecule has 0 aliphatic rings. The van der Waals surface area contributed by atoms with E-state index < -0.39 is 18.4 Å². The molecule has 0 aliphatic carbocycles. The molecule has 0 fully saturated rings. The van der Waals surface area contributed by atoms with E-state index in [4.69, 9.17) is 11.5 Å². The van der Waals surface area contributed by atoms with Crippen LogP contribution in [-0.4, -0.2) is 35.0 Å². The zero-order chi connectivity index (χ0) is 13.7. The lowest BCUT2D eigenvalue weighted by Gasteiger charge is -2.18. The van der Waals surface area contributed by atoms with Crippen molar-refractivity contribution >= 4 is 43.7 Å². The summed E-state index contributed by atoms with van der Waals surface area (Å²) in [5, 5.41) is 8.73. The molecule has 0 unspecified atom stereocenters. The number of hydrogen-bond donors (Lipinski definition) is 1. The normalized spacial score (nSPS) is 9.61. The summed E-state index contributed by atoms with van der Waals surface area (Å²) >= 11 is 6.53. The Bertz CT molecular complexity index is 502. The first kappa shape index (κ1) is 14.7. The number of halogens is 2. The van der Waals surface area contributed by atoms with Crippen molar-refractivity contribution in [1.29, 1.82) is 0 Å². The first-order valence-electron chi connectivity index (χ1n) is 4.84. The largest absolute Gasteiger partial charge is 0.480 e. The van der Waals surface area contributed by atoms with Gasteiger partial charge >= 0.3 is 5.97 Å². The molecule has 18 heavy (non-hydrogen) atoms. The van der Waals surface area contributed by atoms with Crippen molar-refractivity contribution < 1.29 is 14.7 Å². The van der Waals surface area contributed by atoms with Gasteiger partial charge in [0.2, 0.25) is 0 Å². The highest BCUT2D eigenvalue weighted by molar-refractivity contribution is 9.11. The minimum absolute atomic E-state index is 0.0464. The number of benzene rings is 1. The molecular formula is C12H9Br2NO3. The quantitative estimate of drug-likeness (QED) is 0.823. The fourth-order valence-electron chi connectivity index (χ4n) is 1.33. The number of aliphatic carboxylic acids is 1. The summed E-state index contributed by atoms with van der Waals surface area (Å²) in [6, 6.07) is 5.00. The maximum Gasteiger partial charge on any atom is 0.323 e. The van der Waals surface area contributed by atoms with E-state index >= 15 is 0 Å². The number of carbonyl (C=O) groups excluding carboxylic acids is 1. The van der Waals surface area contributed by atoms with Crippen LogP contribution in [0, 0.1) is 12.3 Å². The van der Waals surface area contributed by atoms with Gasteiger partial charge in [-0.3, -0.25) is 9.59 Å². The Morgan fingerprint density at radius 1 is 1.28 bits per heavy atom. The van der Waals surface area contributed by atoms with Gasteiger partial charge in [0.1, 0.15) is 6.54 Å². The number of nitrogens with zero attached hydrogens (tertiary/aromatic N) is 1. The average molecular weight is 375 g/mol. The molecule has 0 radical (unpaired) electrons. The number of carboxylic acids is 1. The number of carbonyl (C=O) groups is 2. The van der Waals surface area contributed by atoms with Gasteiger partial charge in [-0.1, -0.05) is 37.8 Å². The van der Waals surface area contributed by atoms with Crippen molar-refractivity contribution in [1.82, 2.24) is 4.90 Å². The van der Waals surface area contributed by atoms with Crippen molar-refractivity contribution in [2.24, 2.45) is 0 Å². The van der Waals surface area contributed by atoms with E-state index in [2.05, 4.69) is 37.8 Å². The van der Waals surface area contributed by atoms with Crippen LogP contribution in [0.3, 0.4) is 0 Å². The van der Waals surface area contributed by atoms with Crippen molar-refractivity contribution in [3.05, 3.63) is 32.7 Å². The summed E-state index contributed by atoms with van der Waals surface area (Å²) in [4.78, 5) is 23.9. The van der Waals surface area contributed by atoms with Gasteiger partial charge in [-0.25, -0.2) is 0 Å². The van der Waals surface area contributed by atoms with E-state index in [1.165, 1.54) is 0 Å². The van der Waals surface area contributed by atoms with E-state index in [0.717, 1.165) is 13.8 Å². The van der Waals surface area contributed by atoms with Gasteiger partial charge < -0.3 is 10.0 Å². The molecule has 0 saturated heterocycles. The van der Waals surface area contributed by atoms with Crippen LogP contribution in [0.15, 0.2) is 27.1 Å². The van der Waals surface area contributed by atoms with Crippen molar-refractivity contribution in [2.75, 3.05) is 13.1 Å². The summed E-state index contributed by atoms with van der Waals surface area (Å²) in [5.74, 6) is 0.748. The van der Waals surface area contributed by atoms with E-state index in [1.807, 2.05) is 0 Å². The first-order chi connectivity index (χ1) is 8.43. The summed E-state index contributed by atoms with van der Waals surface area (Å²) in [6.45, 7) is -0.470. The summed E-state index contributed by atoms with van der Waals surface area (Å²) in [7, 11) is 0. The van der Waals surface area contributed by atoms with Crippen LogP contribution >= 0.6 is 31.9 Å². The lowest BCUT2D eigenvalue weighted by Crippen LogP contribution is -2.36. The molecule has 0 saturated carbocycles. The summed E-state index contributed by atoms with van der Waals surface area (Å²) < 4.78 is 1.44. The molecule has 0 bridgehead atoms. The highest BCUT2D eigenvalue weighted by atomic mass is 79.9. The highest BCUT2D eigenvalue weighted by Crippen LogP contribution is 2.21. The topological polar surface area (TPSA) is 57.6 Å². The lowest BCUT2D eigenvalue weighted by molar-refractivity contribution is -0.137. The van der Waals surface area contributed by atoms with Crippen molar-refractivity contribution in [2.45, 2.75) is 0 Å². The maximum absolute atomic E-state index is 12.1. The van der Waals surface area contributed by atoms with Gasteiger partial charge in [-0.15, -0.1) is 6.42 Å². The van der Waals surface area contributed by atoms with Crippen LogP contribution in [-0.2, 0) is 4.79 Å². The minimum atomic E-state index is -1.10. The monoisotopic (exact) mass is 373 g/mol. The SMILES string of the molecule is C#CCN(CC(=O)O)C(=O)c1cc(Br)cc(Br)c1. The molecule has 1 aromatic carbocycles. The van der Waals surface area contributed by atoms with Crippen LogP contribution in [0.1, 0.15) is 10.4 Å². The molecule has 0 atom stereocenters. The average Bonchev–Trinajstić information content (AvgIpc) is 2.25. The van der Waals surface area contributed by atoms with Crippen LogP contribution in [0.4, 0.5) is 0 Å². The second-order valence-corrected chi connectivity index (χ2v) is 5.25. The Morgan fingerprint density at radius 2 is 1.83 bits per heavy atom. The Labute approximate surface area is 121 Å². The molecule has 1 amide bonds. The summed E-state index contributed by atoms with van der Waals surface area (Å²) in [5.41, 5.74) is 0.368. The van der Waals surface area contributed by atoms with Crippen LogP contribution in [0.2, 0.25) is 0 Å². The van der Waals surface area contributed by atoms with Gasteiger partial charge in [0.25, 0.3) is 5.91 Å². The third kappa shape index (κ3) is 4.17. The van der Waals surface area contributed by atoms with Gasteiger partial charge in [0.05, 0.1) is 6.54 Å². The molecule has 94 valence electrons. The molecule has 1 aromatic rings. The Hall–Kier alpha value is -1.32. The van der Waals surface area contributed by atoms with E-state index in [9.17, 15) is 9.59 Å². The molecule has 1 N–H and O–H groups in total. The fraction of sp³-hybridized carbons (Fsp3) is 0.167. The van der Waals surface area contributed by atoms with Gasteiger partial charge in [0, 0.05) is 14.5 Å². The third-order valence-corrected chi connectivity index (χ3v) is 2.92. The molecule has 0 spiro atoms. The predicted molar refractivity (Wildman–Crippen MR) is 74.2 cm³/mol. The summed E-state index contributed by atoms with van der Waals surface area (Å²) in [6.07, 6.45) is 5.13. The van der Waals surface area contributed by atoms with E-state index in [1.54, 1.807) is 18.2 Å². The number of rotatable bonds is 4. The number of terminal acetylenes is 1. The number of hydrogen-bond acceptors (Lipinski definition) is 2. The molecule has 6 heteroatoms. The van der Waals surface area contributed by atoms with Crippen LogP contribution < -0.4 is 0 Å². The van der Waals surface area contributed by atoms with Gasteiger partial charge in [-0.05, 0) is 18.2 Å². The maximum atomic E-state index is 12.1. The number of carboxylic acid groups (broad SMARTS) is 1. The van der Waals surface area contributed by atoms with Crippen molar-refractivity contribution in [3.63, 3.8) is 0 Å². The highest BCUT2D eigenvalue weighted by Gasteiger charge is 2.18. The molecule has 1 rings (SSSR count). The zero-order valence-electron chi connectivity index (χ0n) is 9.19. The van der Waals surface area contributed by atoms with E-state index in [-0.39, 0.29) is 6.54 Å². The van der Waals surface area contributed by atoms with Gasteiger partial charge in [-0.2, -0.15) is 0 Å². The fourth-order valence-corrected chi connectivity index (χ4v) is 2.63. The third-order valence-electron chi connectivity index (χ3n) is 2.00. The molecule has 0 aromatic heterocycles. The van der Waals surface area contributed by atoms with Crippen LogP contribution in [0.25, 0.3) is 0 Å². The lowest BCUT2D eigenvalue weighted by atomic mass is 10.2. The molecule has 0 heterocycles. The standard InChI is InChI=1S/C12H9Br2NO3/c1-2-3-15(7-11(16)17)12(18)8-4-9(13)6-10(14)5-8/h1,4-6H,3,7H2,(H,16,17). The second-order valence-electron chi connectivity index (χ2n) is 3.42. The van der Waals surface area contributed by atoms with Crippen molar-refractivity contribution in [3.8, 4) is 12.3 Å². The number of amides is 1. The Morgan fingerprint density at radius 3 is 2.28 bits per heavy atom. The van der Waals surface area contributed by atoms with Crippen LogP contribution in [0.5, 0.6) is 0 Å². The molecular weight excluding hydrogens is 366 g/mol. The predicted octanol–water partition coefficient (Wildman–Crippen LogP) is 2.37. The van der Waals surface area contributed by atoms with E-state index in [0.29, 0.717) is 5.56 Å². The Kier molecular flexibility index (Phi) is 5.38. The molecule has 4 nitrogen and oxygen atoms in total. The zero-order valence-corrected chi connectivity index (χ0v) is 12.4. The molecule has 0 aliphatic heterocycles. The Balaban J connectivity index is 3.01. The minimum Gasteiger partial charge on any atom is -0.480 e. The van der Waals surface area contributed by atoms with Gasteiger partial charge in [0.15, 0.2) is 0 Å². The smallest absolute Gasteiger partial charge is 0.323 e.